The zero-order valence-electron chi connectivity index (χ0n) is 30.2. The molecule has 294 valence electrons. The lowest BCUT2D eigenvalue weighted by Gasteiger charge is -2.35. The largest absolute Gasteiger partial charge is 0.506 e. The molecule has 0 unspecified atom stereocenters. The fraction of sp³-hybridized carbons (Fsp3) is 0.359. The van der Waals surface area contributed by atoms with E-state index in [1.807, 2.05) is 17.8 Å². The van der Waals surface area contributed by atoms with E-state index < -0.39 is 17.7 Å². The molecule has 1 amide bonds. The first-order chi connectivity index (χ1) is 26.0. The van der Waals surface area contributed by atoms with Gasteiger partial charge < -0.3 is 45.3 Å². The van der Waals surface area contributed by atoms with Gasteiger partial charge in [0.15, 0.2) is 0 Å². The molecule has 1 aliphatic rings. The van der Waals surface area contributed by atoms with Crippen molar-refractivity contribution in [3.8, 4) is 11.5 Å². The van der Waals surface area contributed by atoms with Crippen molar-refractivity contribution in [1.82, 2.24) is 15.2 Å². The van der Waals surface area contributed by atoms with Gasteiger partial charge in [0.05, 0.1) is 39.2 Å². The van der Waals surface area contributed by atoms with E-state index in [9.17, 15) is 29.7 Å². The van der Waals surface area contributed by atoms with E-state index >= 15 is 0 Å². The minimum atomic E-state index is -1.83. The molecule has 6 rings (SSSR count). The summed E-state index contributed by atoms with van der Waals surface area (Å²) < 4.78 is 11.5. The van der Waals surface area contributed by atoms with Gasteiger partial charge in [0.2, 0.25) is 17.1 Å². The van der Waals surface area contributed by atoms with Crippen LogP contribution >= 0.6 is 34.3 Å². The molecule has 55 heavy (non-hydrogen) atoms. The number of thiophene rings is 2. The number of ether oxygens (including phenoxy) is 2. The Bertz CT molecular complexity index is 2090. The standard InChI is InChI=1S/C39H43ClN4O8S2.FH/c1-44(24-7-9-25(10-8-24)52-38(49)39(50,33-5-3-17-53-33)34-6-4-18-54-34)16-15-36(48)42-29-20-32(51-2)23(19-28(29)40)21-41-22-31(46)26-11-13-30(45)37-27(26)12-14-35(47)43-37;/h3-6,11-14,17-20,24-25,31,41,45-46,50H,7-10,15-16,21-22H2,1-2H3,(H,42,48)(H,43,47);1H/t24?,25?,31-;/m0./s1. The predicted octanol–water partition coefficient (Wildman–Crippen LogP) is 6.05. The molecule has 3 aromatic heterocycles. The van der Waals surface area contributed by atoms with Crippen LogP contribution in [0.1, 0.15) is 59.1 Å². The SMILES string of the molecule is COc1cc(NC(=O)CCN(C)C2CCC(OC(=O)C(O)(c3cccs3)c3cccs3)CC2)c(Cl)cc1CNC[C@H](O)c1ccc(O)c2[nH]c(=O)ccc12.F. The van der Waals surface area contributed by atoms with Gasteiger partial charge in [-0.05, 0) is 79.4 Å². The molecule has 0 spiro atoms. The monoisotopic (exact) mass is 814 g/mol. The van der Waals surface area contributed by atoms with E-state index in [1.165, 1.54) is 41.9 Å². The van der Waals surface area contributed by atoms with Gasteiger partial charge in [-0.15, -0.1) is 22.7 Å². The molecule has 2 aromatic carbocycles. The first-order valence-corrected chi connectivity index (χ1v) is 19.7. The van der Waals surface area contributed by atoms with E-state index in [0.29, 0.717) is 63.1 Å². The molecule has 1 saturated carbocycles. The number of aromatic amines is 1. The van der Waals surface area contributed by atoms with Crippen LogP contribution in [0.2, 0.25) is 5.02 Å². The summed E-state index contributed by atoms with van der Waals surface area (Å²) in [4.78, 5) is 43.9. The number of H-pyrrole nitrogens is 1. The molecular formula is C39H44ClFN4O8S2. The average molecular weight is 815 g/mol. The number of methoxy groups -OCH3 is 1. The fourth-order valence-electron chi connectivity index (χ4n) is 6.83. The number of carbonyl (C=O) groups is 2. The van der Waals surface area contributed by atoms with Crippen LogP contribution in [-0.2, 0) is 26.5 Å². The van der Waals surface area contributed by atoms with Crippen molar-refractivity contribution in [1.29, 1.82) is 0 Å². The second-order valence-corrected chi connectivity index (χ2v) is 15.7. The molecule has 0 saturated heterocycles. The van der Waals surface area contributed by atoms with Gasteiger partial charge in [-0.25, -0.2) is 4.79 Å². The Kier molecular flexibility index (Phi) is 14.1. The molecule has 0 bridgehead atoms. The lowest BCUT2D eigenvalue weighted by atomic mass is 9.91. The normalized spacial score (nSPS) is 16.4. The Hall–Kier alpha value is -4.35. The number of nitrogens with zero attached hydrogens (tertiary/aromatic N) is 1. The smallest absolute Gasteiger partial charge is 0.349 e. The second kappa shape index (κ2) is 18.5. The number of phenols is 1. The van der Waals surface area contributed by atoms with Gasteiger partial charge in [0.1, 0.15) is 17.6 Å². The maximum Gasteiger partial charge on any atom is 0.349 e. The number of amides is 1. The quantitative estimate of drug-likeness (QED) is 0.0684. The zero-order valence-corrected chi connectivity index (χ0v) is 32.6. The van der Waals surface area contributed by atoms with E-state index in [1.54, 1.807) is 48.5 Å². The molecule has 0 aliphatic heterocycles. The number of esters is 1. The third-order valence-electron chi connectivity index (χ3n) is 9.85. The van der Waals surface area contributed by atoms with Crippen LogP contribution in [0.4, 0.5) is 10.4 Å². The lowest BCUT2D eigenvalue weighted by molar-refractivity contribution is -0.169. The zero-order chi connectivity index (χ0) is 38.4. The van der Waals surface area contributed by atoms with Crippen molar-refractivity contribution in [3.05, 3.63) is 108 Å². The van der Waals surface area contributed by atoms with E-state index in [0.717, 1.165) is 18.4 Å². The van der Waals surface area contributed by atoms with Crippen LogP contribution in [0, 0.1) is 0 Å². The van der Waals surface area contributed by atoms with Gasteiger partial charge in [-0.3, -0.25) is 14.3 Å². The number of rotatable bonds is 15. The van der Waals surface area contributed by atoms with Crippen LogP contribution in [0.3, 0.4) is 0 Å². The molecule has 0 radical (unpaired) electrons. The van der Waals surface area contributed by atoms with Crippen LogP contribution in [0.5, 0.6) is 11.5 Å². The highest BCUT2D eigenvalue weighted by Crippen LogP contribution is 2.38. The number of anilines is 1. The minimum absolute atomic E-state index is 0. The Morgan fingerprint density at radius 1 is 1.05 bits per heavy atom. The molecule has 3 heterocycles. The number of benzene rings is 2. The highest BCUT2D eigenvalue weighted by molar-refractivity contribution is 7.12. The molecule has 1 aliphatic carbocycles. The maximum absolute atomic E-state index is 13.4. The first kappa shape index (κ1) is 41.8. The van der Waals surface area contributed by atoms with Crippen molar-refractivity contribution in [2.24, 2.45) is 0 Å². The number of carbonyl (C=O) groups excluding carboxylic acids is 2. The van der Waals surface area contributed by atoms with Crippen LogP contribution < -0.4 is 20.9 Å². The Labute approximate surface area is 330 Å². The molecule has 16 heteroatoms. The molecule has 6 N–H and O–H groups in total. The molecule has 1 fully saturated rings. The molecule has 1 atom stereocenters. The van der Waals surface area contributed by atoms with Crippen molar-refractivity contribution >= 4 is 62.7 Å². The van der Waals surface area contributed by atoms with Gasteiger partial charge in [0.25, 0.3) is 0 Å². The van der Waals surface area contributed by atoms with Crippen molar-refractivity contribution in [3.63, 3.8) is 0 Å². The number of nitrogens with one attached hydrogen (secondary N) is 3. The highest BCUT2D eigenvalue weighted by atomic mass is 35.5. The average Bonchev–Trinajstić information content (AvgIpc) is 3.92. The maximum atomic E-state index is 13.4. The second-order valence-electron chi connectivity index (χ2n) is 13.4. The van der Waals surface area contributed by atoms with E-state index in [2.05, 4.69) is 20.5 Å². The number of hydrogen-bond donors (Lipinski definition) is 6. The van der Waals surface area contributed by atoms with Gasteiger partial charge in [-0.2, -0.15) is 0 Å². The van der Waals surface area contributed by atoms with Crippen LogP contribution in [-0.4, -0.2) is 76.5 Å². The first-order valence-electron chi connectivity index (χ1n) is 17.6. The summed E-state index contributed by atoms with van der Waals surface area (Å²) in [5, 5.41) is 43.2. The topological polar surface area (TPSA) is 173 Å². The summed E-state index contributed by atoms with van der Waals surface area (Å²) in [6.45, 7) is 0.980. The number of aliphatic hydroxyl groups is 2. The summed E-state index contributed by atoms with van der Waals surface area (Å²) >= 11 is 9.23. The third-order valence-corrected chi connectivity index (χ3v) is 12.1. The summed E-state index contributed by atoms with van der Waals surface area (Å²) in [5.41, 5.74) is -0.241. The van der Waals surface area contributed by atoms with Crippen molar-refractivity contribution < 1.29 is 39.1 Å². The van der Waals surface area contributed by atoms with Crippen LogP contribution in [0.15, 0.2) is 76.2 Å². The number of hydrogen-bond acceptors (Lipinski definition) is 12. The van der Waals surface area contributed by atoms with Crippen molar-refractivity contribution in [2.75, 3.05) is 32.6 Å². The number of phenolic OH excluding ortho intramolecular Hbond substituents is 1. The number of aromatic nitrogens is 1. The van der Waals surface area contributed by atoms with E-state index in [4.69, 9.17) is 21.1 Å². The van der Waals surface area contributed by atoms with Crippen molar-refractivity contribution in [2.45, 2.75) is 62.5 Å². The van der Waals surface area contributed by atoms with Gasteiger partial charge in [-0.1, -0.05) is 29.8 Å². The Morgan fingerprint density at radius 2 is 1.75 bits per heavy atom. The Balaban J connectivity index is 0.00000580. The lowest BCUT2D eigenvalue weighted by Crippen LogP contribution is -2.42. The molecule has 5 aromatic rings. The van der Waals surface area contributed by atoms with Crippen LogP contribution in [0.25, 0.3) is 10.9 Å². The number of pyridine rings is 1. The summed E-state index contributed by atoms with van der Waals surface area (Å²) in [6.07, 6.45) is 1.88. The predicted molar refractivity (Wildman–Crippen MR) is 213 cm³/mol. The molecule has 12 nitrogen and oxygen atoms in total. The number of fused-ring (bicyclic) bond motifs is 1. The Morgan fingerprint density at radius 3 is 2.38 bits per heavy atom. The minimum Gasteiger partial charge on any atom is -0.506 e. The summed E-state index contributed by atoms with van der Waals surface area (Å²) in [7, 11) is 3.51. The highest BCUT2D eigenvalue weighted by Gasteiger charge is 2.45. The van der Waals surface area contributed by atoms with Gasteiger partial charge >= 0.3 is 5.97 Å². The third kappa shape index (κ3) is 9.55. The van der Waals surface area contributed by atoms with E-state index in [-0.39, 0.29) is 52.5 Å². The number of halogens is 2. The number of aromatic hydroxyl groups is 1. The number of aliphatic hydroxyl groups excluding tert-OH is 1. The molecular weight excluding hydrogens is 771 g/mol. The fourth-order valence-corrected chi connectivity index (χ4v) is 8.77. The van der Waals surface area contributed by atoms with Gasteiger partial charge in [0, 0.05) is 55.2 Å². The summed E-state index contributed by atoms with van der Waals surface area (Å²) in [6, 6.07) is 16.6. The summed E-state index contributed by atoms with van der Waals surface area (Å²) in [5.74, 6) is -0.436.